The molecular formula is C11H11ClN2. The van der Waals surface area contributed by atoms with Crippen LogP contribution in [0.25, 0.3) is 10.9 Å². The van der Waals surface area contributed by atoms with Crippen LogP contribution in [0.3, 0.4) is 0 Å². The Morgan fingerprint density at radius 3 is 2.86 bits per heavy atom. The summed E-state index contributed by atoms with van der Waals surface area (Å²) >= 11 is 6.04. The zero-order valence-corrected chi connectivity index (χ0v) is 8.43. The van der Waals surface area contributed by atoms with Gasteiger partial charge in [0, 0.05) is 17.1 Å². The topological polar surface area (TPSA) is 41.8 Å². The number of halogens is 1. The first-order valence-corrected chi connectivity index (χ1v) is 5.13. The summed E-state index contributed by atoms with van der Waals surface area (Å²) in [7, 11) is 0. The van der Waals surface area contributed by atoms with Gasteiger partial charge in [0.25, 0.3) is 0 Å². The van der Waals surface area contributed by atoms with Crippen molar-refractivity contribution in [2.45, 2.75) is 18.4 Å². The van der Waals surface area contributed by atoms with E-state index in [2.05, 4.69) is 11.1 Å². The number of nitrogens with two attached hydrogens (primary N) is 1. The number of para-hydroxylation sites is 1. The molecule has 2 nitrogen and oxygen atoms in total. The second-order valence-corrected chi connectivity index (χ2v) is 4.43. The molecule has 1 aliphatic carbocycles. The van der Waals surface area contributed by atoms with Crippen LogP contribution in [0.5, 0.6) is 0 Å². The van der Waals surface area contributed by atoms with Gasteiger partial charge in [-0.2, -0.15) is 0 Å². The predicted octanol–water partition coefficient (Wildman–Crippen LogP) is 2.77. The van der Waals surface area contributed by atoms with E-state index in [1.54, 1.807) is 0 Å². The maximum atomic E-state index is 6.18. The fraction of sp³-hybridized carbons (Fsp3) is 0.273. The summed E-state index contributed by atoms with van der Waals surface area (Å²) in [5, 5.41) is 1.84. The van der Waals surface area contributed by atoms with Gasteiger partial charge in [0.1, 0.15) is 0 Å². The summed E-state index contributed by atoms with van der Waals surface area (Å²) in [6, 6.07) is 6.12. The third-order valence-electron chi connectivity index (χ3n) is 2.99. The standard InChI is InChI=1S/C11H11ClN2/c12-9-6-14-10-7(9)2-1-3-8(10)11(13)4-5-11/h1-3,6,14H,4-5,13H2. The number of nitrogens with one attached hydrogen (secondary N) is 1. The number of fused-ring (bicyclic) bond motifs is 1. The average Bonchev–Trinajstić information content (AvgIpc) is 2.83. The molecule has 1 heterocycles. The second kappa shape index (κ2) is 2.53. The average molecular weight is 207 g/mol. The fourth-order valence-corrected chi connectivity index (χ4v) is 2.15. The second-order valence-electron chi connectivity index (χ2n) is 4.02. The Balaban J connectivity index is 2.34. The molecule has 1 fully saturated rings. The van der Waals surface area contributed by atoms with Crippen molar-refractivity contribution in [3.63, 3.8) is 0 Å². The van der Waals surface area contributed by atoms with E-state index >= 15 is 0 Å². The Kier molecular flexibility index (Phi) is 1.50. The van der Waals surface area contributed by atoms with Crippen LogP contribution < -0.4 is 5.73 Å². The largest absolute Gasteiger partial charge is 0.359 e. The first kappa shape index (κ1) is 8.33. The lowest BCUT2D eigenvalue weighted by Crippen LogP contribution is -2.18. The lowest BCUT2D eigenvalue weighted by atomic mass is 10.0. The summed E-state index contributed by atoms with van der Waals surface area (Å²) < 4.78 is 0. The van der Waals surface area contributed by atoms with Crippen LogP contribution in [0.4, 0.5) is 0 Å². The van der Waals surface area contributed by atoms with Gasteiger partial charge >= 0.3 is 0 Å². The van der Waals surface area contributed by atoms with Gasteiger partial charge in [0.2, 0.25) is 0 Å². The molecule has 72 valence electrons. The molecule has 3 rings (SSSR count). The molecule has 1 aromatic heterocycles. The first-order chi connectivity index (χ1) is 6.71. The summed E-state index contributed by atoms with van der Waals surface area (Å²) in [6.07, 6.45) is 3.97. The minimum Gasteiger partial charge on any atom is -0.359 e. The molecule has 0 bridgehead atoms. The number of aromatic amines is 1. The van der Waals surface area contributed by atoms with Crippen molar-refractivity contribution in [3.8, 4) is 0 Å². The Labute approximate surface area is 87.1 Å². The molecule has 0 radical (unpaired) electrons. The predicted molar refractivity (Wildman–Crippen MR) is 58.4 cm³/mol. The molecule has 0 saturated heterocycles. The van der Waals surface area contributed by atoms with E-state index in [0.717, 1.165) is 28.8 Å². The van der Waals surface area contributed by atoms with Gasteiger partial charge in [0.05, 0.1) is 10.5 Å². The molecule has 0 spiro atoms. The minimum absolute atomic E-state index is 0.103. The van der Waals surface area contributed by atoms with Gasteiger partial charge in [-0.25, -0.2) is 0 Å². The highest BCUT2D eigenvalue weighted by atomic mass is 35.5. The van der Waals surface area contributed by atoms with Gasteiger partial charge in [-0.3, -0.25) is 0 Å². The molecule has 1 saturated carbocycles. The monoisotopic (exact) mass is 206 g/mol. The molecule has 14 heavy (non-hydrogen) atoms. The lowest BCUT2D eigenvalue weighted by Gasteiger charge is -2.09. The van der Waals surface area contributed by atoms with Crippen LogP contribution in [0.1, 0.15) is 18.4 Å². The van der Waals surface area contributed by atoms with E-state index in [1.165, 1.54) is 5.56 Å². The van der Waals surface area contributed by atoms with Crippen molar-refractivity contribution in [1.82, 2.24) is 4.98 Å². The van der Waals surface area contributed by atoms with Crippen molar-refractivity contribution in [2.75, 3.05) is 0 Å². The van der Waals surface area contributed by atoms with Crippen molar-refractivity contribution < 1.29 is 0 Å². The van der Waals surface area contributed by atoms with Crippen LogP contribution in [0, 0.1) is 0 Å². The summed E-state index contributed by atoms with van der Waals surface area (Å²) in [5.41, 5.74) is 8.37. The highest BCUT2D eigenvalue weighted by Gasteiger charge is 2.41. The molecule has 3 heteroatoms. The summed E-state index contributed by atoms with van der Waals surface area (Å²) in [6.45, 7) is 0. The maximum Gasteiger partial charge on any atom is 0.0659 e. The third-order valence-corrected chi connectivity index (χ3v) is 3.30. The fourth-order valence-electron chi connectivity index (χ4n) is 1.94. The van der Waals surface area contributed by atoms with Crippen LogP contribution in [0.15, 0.2) is 24.4 Å². The number of benzene rings is 1. The van der Waals surface area contributed by atoms with Crippen LogP contribution in [0.2, 0.25) is 5.02 Å². The zero-order valence-electron chi connectivity index (χ0n) is 7.68. The molecule has 0 amide bonds. The molecular weight excluding hydrogens is 196 g/mol. The Hall–Kier alpha value is -0.990. The van der Waals surface area contributed by atoms with Crippen LogP contribution in [-0.2, 0) is 5.54 Å². The SMILES string of the molecule is NC1(c2cccc3c(Cl)c[nH]c23)CC1. The highest BCUT2D eigenvalue weighted by Crippen LogP contribution is 2.45. The lowest BCUT2D eigenvalue weighted by molar-refractivity contribution is 0.746. The zero-order chi connectivity index (χ0) is 9.76. The maximum absolute atomic E-state index is 6.18. The quantitative estimate of drug-likeness (QED) is 0.740. The van der Waals surface area contributed by atoms with Gasteiger partial charge in [-0.15, -0.1) is 0 Å². The Morgan fingerprint density at radius 1 is 1.36 bits per heavy atom. The molecule has 0 aliphatic heterocycles. The number of aromatic nitrogens is 1. The number of rotatable bonds is 1. The van der Waals surface area contributed by atoms with Crippen molar-refractivity contribution >= 4 is 22.5 Å². The number of H-pyrrole nitrogens is 1. The number of hydrogen-bond donors (Lipinski definition) is 2. The summed E-state index contributed by atoms with van der Waals surface area (Å²) in [4.78, 5) is 3.19. The molecule has 3 N–H and O–H groups in total. The van der Waals surface area contributed by atoms with Crippen LogP contribution >= 0.6 is 11.6 Å². The van der Waals surface area contributed by atoms with Crippen LogP contribution in [-0.4, -0.2) is 4.98 Å². The van der Waals surface area contributed by atoms with Gasteiger partial charge in [0.15, 0.2) is 0 Å². The van der Waals surface area contributed by atoms with E-state index in [0.29, 0.717) is 0 Å². The Morgan fingerprint density at radius 2 is 2.14 bits per heavy atom. The minimum atomic E-state index is -0.103. The Bertz CT molecular complexity index is 497. The van der Waals surface area contributed by atoms with Gasteiger partial charge in [-0.05, 0) is 18.4 Å². The van der Waals surface area contributed by atoms with Gasteiger partial charge in [-0.1, -0.05) is 29.8 Å². The molecule has 0 unspecified atom stereocenters. The van der Waals surface area contributed by atoms with Gasteiger partial charge < -0.3 is 10.7 Å². The smallest absolute Gasteiger partial charge is 0.0659 e. The van der Waals surface area contributed by atoms with E-state index in [1.807, 2.05) is 18.3 Å². The van der Waals surface area contributed by atoms with E-state index < -0.39 is 0 Å². The first-order valence-electron chi connectivity index (χ1n) is 4.76. The normalized spacial score (nSPS) is 18.7. The van der Waals surface area contributed by atoms with E-state index in [9.17, 15) is 0 Å². The third kappa shape index (κ3) is 1.01. The number of hydrogen-bond acceptors (Lipinski definition) is 1. The summed E-state index contributed by atoms with van der Waals surface area (Å²) in [5.74, 6) is 0. The van der Waals surface area contributed by atoms with Crippen molar-refractivity contribution in [2.24, 2.45) is 5.73 Å². The highest BCUT2D eigenvalue weighted by molar-refractivity contribution is 6.35. The van der Waals surface area contributed by atoms with E-state index in [4.69, 9.17) is 17.3 Å². The molecule has 1 aromatic carbocycles. The molecule has 1 aliphatic rings. The van der Waals surface area contributed by atoms with Crippen molar-refractivity contribution in [1.29, 1.82) is 0 Å². The molecule has 0 atom stereocenters. The van der Waals surface area contributed by atoms with Crippen molar-refractivity contribution in [3.05, 3.63) is 35.0 Å². The molecule has 2 aromatic rings. The van der Waals surface area contributed by atoms with E-state index in [-0.39, 0.29) is 5.54 Å².